The first-order valence-corrected chi connectivity index (χ1v) is 9.96. The molecule has 0 aromatic heterocycles. The van der Waals surface area contributed by atoms with Crippen LogP contribution in [0.3, 0.4) is 0 Å². The summed E-state index contributed by atoms with van der Waals surface area (Å²) >= 11 is 0. The topological polar surface area (TPSA) is 35.5 Å². The van der Waals surface area contributed by atoms with Crippen LogP contribution in [0.4, 0.5) is 0 Å². The lowest BCUT2D eigenvalue weighted by Gasteiger charge is -2.41. The predicted octanol–water partition coefficient (Wildman–Crippen LogP) is 4.05. The van der Waals surface area contributed by atoms with Crippen molar-refractivity contribution in [2.75, 3.05) is 0 Å². The molecule has 1 saturated carbocycles. The summed E-state index contributed by atoms with van der Waals surface area (Å²) in [6.07, 6.45) is 2.66. The molecule has 0 aromatic carbocycles. The number of hydrogen-bond donors (Lipinski definition) is 0. The highest BCUT2D eigenvalue weighted by Crippen LogP contribution is 2.39. The third-order valence-electron chi connectivity index (χ3n) is 4.30. The Morgan fingerprint density at radius 2 is 1.95 bits per heavy atom. The quantitative estimate of drug-likeness (QED) is 0.445. The van der Waals surface area contributed by atoms with Crippen LogP contribution < -0.4 is 0 Å². The molecular weight excluding hydrogens is 256 g/mol. The van der Waals surface area contributed by atoms with Gasteiger partial charge in [0.25, 0.3) is 0 Å². The van der Waals surface area contributed by atoms with Gasteiger partial charge in [-0.2, -0.15) is 0 Å². The van der Waals surface area contributed by atoms with E-state index >= 15 is 0 Å². The van der Waals surface area contributed by atoms with Crippen molar-refractivity contribution in [2.45, 2.75) is 77.3 Å². The van der Waals surface area contributed by atoms with Crippen LogP contribution in [-0.4, -0.2) is 26.5 Å². The molecule has 1 aliphatic rings. The smallest absolute Gasteiger partial charge is 0.303 e. The van der Waals surface area contributed by atoms with E-state index in [1.165, 1.54) is 6.92 Å². The molecule has 2 atom stereocenters. The first kappa shape index (κ1) is 16.4. The van der Waals surface area contributed by atoms with Gasteiger partial charge >= 0.3 is 5.97 Å². The number of hydrogen-bond acceptors (Lipinski definition) is 3. The van der Waals surface area contributed by atoms with Crippen molar-refractivity contribution < 1.29 is 14.0 Å². The maximum Gasteiger partial charge on any atom is 0.303 e. The molecule has 0 amide bonds. The molecular formula is C15H28O3Si. The lowest BCUT2D eigenvalue weighted by Crippen LogP contribution is -2.46. The Bertz CT molecular complexity index is 355. The van der Waals surface area contributed by atoms with Gasteiger partial charge in [0.2, 0.25) is 0 Å². The van der Waals surface area contributed by atoms with Gasteiger partial charge in [-0.05, 0) is 36.5 Å². The highest BCUT2D eigenvalue weighted by molar-refractivity contribution is 6.74. The molecule has 0 spiro atoms. The Balaban J connectivity index is 2.66. The van der Waals surface area contributed by atoms with Crippen LogP contribution >= 0.6 is 0 Å². The molecule has 1 fully saturated rings. The average molecular weight is 284 g/mol. The van der Waals surface area contributed by atoms with Gasteiger partial charge in [-0.25, -0.2) is 0 Å². The normalized spacial score (nSPS) is 25.3. The molecule has 0 bridgehead atoms. The fourth-order valence-electron chi connectivity index (χ4n) is 2.06. The van der Waals surface area contributed by atoms with Gasteiger partial charge in [0, 0.05) is 19.4 Å². The van der Waals surface area contributed by atoms with Crippen LogP contribution in [0, 0.1) is 0 Å². The van der Waals surface area contributed by atoms with E-state index in [1.807, 2.05) is 0 Å². The summed E-state index contributed by atoms with van der Waals surface area (Å²) in [4.78, 5) is 11.1. The Hall–Kier alpha value is -0.613. The summed E-state index contributed by atoms with van der Waals surface area (Å²) in [6, 6.07) is 0. The van der Waals surface area contributed by atoms with Crippen molar-refractivity contribution in [1.29, 1.82) is 0 Å². The highest BCUT2D eigenvalue weighted by atomic mass is 28.4. The summed E-state index contributed by atoms with van der Waals surface area (Å²) in [5.74, 6) is -0.237. The SMILES string of the molecule is C=C1CC[C@@H](O[Si](C)(C)C(C)(C)C)CC1OC(C)=O. The lowest BCUT2D eigenvalue weighted by atomic mass is 9.91. The third kappa shape index (κ3) is 4.46. The molecule has 1 rings (SSSR count). The summed E-state index contributed by atoms with van der Waals surface area (Å²) in [7, 11) is -1.75. The lowest BCUT2D eigenvalue weighted by molar-refractivity contribution is -0.146. The second kappa shape index (κ2) is 5.79. The molecule has 0 radical (unpaired) electrons. The Kier molecular flexibility index (Phi) is 5.01. The molecule has 19 heavy (non-hydrogen) atoms. The zero-order chi connectivity index (χ0) is 14.8. The molecule has 1 aliphatic carbocycles. The van der Waals surface area contributed by atoms with Gasteiger partial charge in [-0.1, -0.05) is 27.4 Å². The van der Waals surface area contributed by atoms with E-state index in [1.54, 1.807) is 0 Å². The van der Waals surface area contributed by atoms with E-state index in [4.69, 9.17) is 9.16 Å². The molecule has 0 heterocycles. The van der Waals surface area contributed by atoms with E-state index in [-0.39, 0.29) is 23.2 Å². The number of ether oxygens (including phenoxy) is 1. The van der Waals surface area contributed by atoms with Crippen molar-refractivity contribution in [3.05, 3.63) is 12.2 Å². The molecule has 0 aromatic rings. The number of esters is 1. The van der Waals surface area contributed by atoms with Gasteiger partial charge < -0.3 is 9.16 Å². The highest BCUT2D eigenvalue weighted by Gasteiger charge is 2.40. The van der Waals surface area contributed by atoms with Gasteiger partial charge in [-0.3, -0.25) is 4.79 Å². The van der Waals surface area contributed by atoms with E-state index in [0.717, 1.165) is 24.8 Å². The second-order valence-electron chi connectivity index (χ2n) is 7.03. The van der Waals surface area contributed by atoms with Crippen LogP contribution in [0.1, 0.15) is 47.0 Å². The average Bonchev–Trinajstić information content (AvgIpc) is 2.20. The maximum absolute atomic E-state index is 11.1. The van der Waals surface area contributed by atoms with Crippen LogP contribution in [0.5, 0.6) is 0 Å². The Labute approximate surface area is 118 Å². The summed E-state index contributed by atoms with van der Waals surface area (Å²) < 4.78 is 11.7. The summed E-state index contributed by atoms with van der Waals surface area (Å²) in [5.41, 5.74) is 1.02. The van der Waals surface area contributed by atoms with Gasteiger partial charge in [0.05, 0.1) is 0 Å². The minimum atomic E-state index is -1.75. The van der Waals surface area contributed by atoms with Crippen molar-refractivity contribution in [2.24, 2.45) is 0 Å². The third-order valence-corrected chi connectivity index (χ3v) is 8.83. The number of carbonyl (C=O) groups excluding carboxylic acids is 1. The summed E-state index contributed by atoms with van der Waals surface area (Å²) in [5, 5.41) is 0.207. The monoisotopic (exact) mass is 284 g/mol. The van der Waals surface area contributed by atoms with Crippen LogP contribution in [0.15, 0.2) is 12.2 Å². The van der Waals surface area contributed by atoms with Gasteiger partial charge in [0.1, 0.15) is 6.10 Å². The van der Waals surface area contributed by atoms with Crippen molar-refractivity contribution in [3.63, 3.8) is 0 Å². The van der Waals surface area contributed by atoms with Crippen LogP contribution in [0.2, 0.25) is 18.1 Å². The molecule has 0 N–H and O–H groups in total. The summed E-state index contributed by atoms with van der Waals surface area (Å²) in [6.45, 7) is 16.7. The molecule has 3 nitrogen and oxygen atoms in total. The zero-order valence-electron chi connectivity index (χ0n) is 13.2. The molecule has 0 saturated heterocycles. The minimum absolute atomic E-state index is 0.166. The fraction of sp³-hybridized carbons (Fsp3) is 0.800. The minimum Gasteiger partial charge on any atom is -0.458 e. The largest absolute Gasteiger partial charge is 0.458 e. The fourth-order valence-corrected chi connectivity index (χ4v) is 3.46. The molecule has 0 aliphatic heterocycles. The number of rotatable bonds is 3. The standard InChI is InChI=1S/C15H28O3Si/c1-11-8-9-13(10-14(11)17-12(2)16)18-19(6,7)15(3,4)5/h13-14H,1,8-10H2,2-7H3/t13-,14?/m1/s1. The zero-order valence-corrected chi connectivity index (χ0v) is 14.2. The molecule has 1 unspecified atom stereocenters. The van der Waals surface area contributed by atoms with E-state index in [2.05, 4.69) is 40.4 Å². The van der Waals surface area contributed by atoms with Crippen LogP contribution in [0.25, 0.3) is 0 Å². The number of carbonyl (C=O) groups is 1. The maximum atomic E-state index is 11.1. The van der Waals surface area contributed by atoms with Crippen molar-refractivity contribution in [3.8, 4) is 0 Å². The van der Waals surface area contributed by atoms with E-state index < -0.39 is 8.32 Å². The van der Waals surface area contributed by atoms with Crippen molar-refractivity contribution in [1.82, 2.24) is 0 Å². The Morgan fingerprint density at radius 3 is 2.42 bits per heavy atom. The van der Waals surface area contributed by atoms with E-state index in [9.17, 15) is 4.79 Å². The van der Waals surface area contributed by atoms with Crippen LogP contribution in [-0.2, 0) is 14.0 Å². The van der Waals surface area contributed by atoms with Gasteiger partial charge in [-0.15, -0.1) is 0 Å². The Morgan fingerprint density at radius 1 is 1.37 bits per heavy atom. The predicted molar refractivity (Wildman–Crippen MR) is 80.6 cm³/mol. The first-order valence-electron chi connectivity index (χ1n) is 7.05. The molecule has 110 valence electrons. The van der Waals surface area contributed by atoms with Crippen molar-refractivity contribution >= 4 is 14.3 Å². The van der Waals surface area contributed by atoms with E-state index in [0.29, 0.717) is 0 Å². The molecule has 4 heteroatoms. The first-order chi connectivity index (χ1) is 8.53. The van der Waals surface area contributed by atoms with Gasteiger partial charge in [0.15, 0.2) is 8.32 Å². The second-order valence-corrected chi connectivity index (χ2v) is 11.8.